The molecule has 0 bridgehead atoms. The average molecular weight is 397 g/mol. The molecule has 0 unspecified atom stereocenters. The van der Waals surface area contributed by atoms with Crippen LogP contribution in [0.1, 0.15) is 50.4 Å². The number of benzene rings is 1. The van der Waals surface area contributed by atoms with E-state index in [0.717, 1.165) is 37.7 Å². The first-order valence-corrected chi connectivity index (χ1v) is 9.71. The number of nitrogens with one attached hydrogen (secondary N) is 2. The number of aryl methyl sites for hydroxylation is 1. The Morgan fingerprint density at radius 2 is 1.84 bits per heavy atom. The van der Waals surface area contributed by atoms with E-state index in [1.54, 1.807) is 19.2 Å². The molecule has 132 valence electrons. The molecule has 0 fully saturated rings. The SMILES string of the molecule is CNC(=O)c1c(NC(=O)c2ccc(Cl)cc2Cl)sc2c1CCCCC2. The van der Waals surface area contributed by atoms with Crippen LogP contribution >= 0.6 is 34.5 Å². The van der Waals surface area contributed by atoms with E-state index >= 15 is 0 Å². The Kier molecular flexibility index (Phi) is 5.67. The number of rotatable bonds is 3. The molecule has 0 atom stereocenters. The van der Waals surface area contributed by atoms with Crippen molar-refractivity contribution >= 4 is 51.4 Å². The van der Waals surface area contributed by atoms with Crippen LogP contribution in [0.15, 0.2) is 18.2 Å². The lowest BCUT2D eigenvalue weighted by atomic mass is 10.0. The zero-order chi connectivity index (χ0) is 18.0. The molecule has 0 radical (unpaired) electrons. The van der Waals surface area contributed by atoms with Crippen LogP contribution in [0.25, 0.3) is 0 Å². The molecule has 2 amide bonds. The van der Waals surface area contributed by atoms with Crippen LogP contribution in [0.2, 0.25) is 10.0 Å². The topological polar surface area (TPSA) is 58.2 Å². The van der Waals surface area contributed by atoms with Crippen LogP contribution in [0.3, 0.4) is 0 Å². The zero-order valence-corrected chi connectivity index (χ0v) is 16.1. The van der Waals surface area contributed by atoms with E-state index in [9.17, 15) is 9.59 Å². The van der Waals surface area contributed by atoms with Gasteiger partial charge in [0.15, 0.2) is 0 Å². The van der Waals surface area contributed by atoms with Gasteiger partial charge in [-0.1, -0.05) is 29.6 Å². The quantitative estimate of drug-likeness (QED) is 0.721. The molecule has 4 nitrogen and oxygen atoms in total. The number of hydrogen-bond donors (Lipinski definition) is 2. The van der Waals surface area contributed by atoms with Gasteiger partial charge in [-0.05, 0) is 49.4 Å². The predicted molar refractivity (Wildman–Crippen MR) is 103 cm³/mol. The summed E-state index contributed by atoms with van der Waals surface area (Å²) < 4.78 is 0. The van der Waals surface area contributed by atoms with Gasteiger partial charge in [-0.2, -0.15) is 0 Å². The molecule has 0 spiro atoms. The van der Waals surface area contributed by atoms with Crippen LogP contribution in [0.4, 0.5) is 5.00 Å². The minimum Gasteiger partial charge on any atom is -0.355 e. The van der Waals surface area contributed by atoms with Gasteiger partial charge in [0.25, 0.3) is 11.8 Å². The summed E-state index contributed by atoms with van der Waals surface area (Å²) in [4.78, 5) is 26.2. The molecule has 0 aliphatic heterocycles. The molecule has 1 aliphatic rings. The van der Waals surface area contributed by atoms with Crippen molar-refractivity contribution < 1.29 is 9.59 Å². The van der Waals surface area contributed by atoms with Crippen molar-refractivity contribution in [1.29, 1.82) is 0 Å². The molecule has 1 aliphatic carbocycles. The number of halogens is 2. The molecule has 1 heterocycles. The van der Waals surface area contributed by atoms with Gasteiger partial charge in [0, 0.05) is 16.9 Å². The molecule has 2 aromatic rings. The predicted octanol–water partition coefficient (Wildman–Crippen LogP) is 4.94. The van der Waals surface area contributed by atoms with Gasteiger partial charge in [0.05, 0.1) is 16.1 Å². The Bertz CT molecular complexity index is 833. The van der Waals surface area contributed by atoms with E-state index in [2.05, 4.69) is 10.6 Å². The summed E-state index contributed by atoms with van der Waals surface area (Å²) in [5, 5.41) is 6.89. The Labute approximate surface area is 160 Å². The normalized spacial score (nSPS) is 13.7. The molecule has 7 heteroatoms. The fraction of sp³-hybridized carbons (Fsp3) is 0.333. The molecular formula is C18H18Cl2N2O2S. The van der Waals surface area contributed by atoms with E-state index in [1.165, 1.54) is 22.3 Å². The first-order valence-electron chi connectivity index (χ1n) is 8.14. The van der Waals surface area contributed by atoms with Gasteiger partial charge < -0.3 is 10.6 Å². The lowest BCUT2D eigenvalue weighted by Crippen LogP contribution is -2.21. The standard InChI is InChI=1S/C18H18Cl2N2O2S/c1-21-17(24)15-12-5-3-2-4-6-14(12)25-18(15)22-16(23)11-8-7-10(19)9-13(11)20/h7-9H,2-6H2,1H3,(H,21,24)(H,22,23). The summed E-state index contributed by atoms with van der Waals surface area (Å²) in [6.45, 7) is 0. The Balaban J connectivity index is 1.96. The summed E-state index contributed by atoms with van der Waals surface area (Å²) >= 11 is 13.5. The number of carbonyl (C=O) groups excluding carboxylic acids is 2. The highest BCUT2D eigenvalue weighted by Crippen LogP contribution is 2.38. The van der Waals surface area contributed by atoms with E-state index in [4.69, 9.17) is 23.2 Å². The summed E-state index contributed by atoms with van der Waals surface area (Å²) in [6.07, 6.45) is 5.14. The van der Waals surface area contributed by atoms with Gasteiger partial charge >= 0.3 is 0 Å². The molecule has 1 aromatic carbocycles. The van der Waals surface area contributed by atoms with Crippen molar-refractivity contribution in [3.8, 4) is 0 Å². The Morgan fingerprint density at radius 3 is 2.56 bits per heavy atom. The van der Waals surface area contributed by atoms with Crippen LogP contribution in [0.5, 0.6) is 0 Å². The second-order valence-corrected chi connectivity index (χ2v) is 7.87. The number of hydrogen-bond acceptors (Lipinski definition) is 3. The lowest BCUT2D eigenvalue weighted by molar-refractivity contribution is 0.0963. The van der Waals surface area contributed by atoms with Gasteiger partial charge in [-0.3, -0.25) is 9.59 Å². The highest BCUT2D eigenvalue weighted by atomic mass is 35.5. The van der Waals surface area contributed by atoms with E-state index < -0.39 is 0 Å². The molecule has 0 saturated heterocycles. The minimum absolute atomic E-state index is 0.170. The van der Waals surface area contributed by atoms with Crippen molar-refractivity contribution in [2.24, 2.45) is 0 Å². The second kappa shape index (κ2) is 7.77. The highest BCUT2D eigenvalue weighted by Gasteiger charge is 2.25. The van der Waals surface area contributed by atoms with E-state index in [-0.39, 0.29) is 16.8 Å². The van der Waals surface area contributed by atoms with E-state index in [1.807, 2.05) is 0 Å². The summed E-state index contributed by atoms with van der Waals surface area (Å²) in [5.74, 6) is -0.514. The fourth-order valence-electron chi connectivity index (χ4n) is 3.04. The van der Waals surface area contributed by atoms with Crippen molar-refractivity contribution in [2.45, 2.75) is 32.1 Å². The lowest BCUT2D eigenvalue weighted by Gasteiger charge is -2.09. The summed E-state index contributed by atoms with van der Waals surface area (Å²) in [7, 11) is 1.60. The summed E-state index contributed by atoms with van der Waals surface area (Å²) in [6, 6.07) is 4.73. The molecule has 1 aromatic heterocycles. The van der Waals surface area contributed by atoms with Crippen molar-refractivity contribution in [1.82, 2.24) is 5.32 Å². The number of anilines is 1. The van der Waals surface area contributed by atoms with Gasteiger partial charge in [-0.25, -0.2) is 0 Å². The first kappa shape index (κ1) is 18.2. The maximum absolute atomic E-state index is 12.6. The third-order valence-electron chi connectivity index (χ3n) is 4.28. The molecular weight excluding hydrogens is 379 g/mol. The molecule has 3 rings (SSSR count). The zero-order valence-electron chi connectivity index (χ0n) is 13.7. The molecule has 25 heavy (non-hydrogen) atoms. The number of fused-ring (bicyclic) bond motifs is 1. The largest absolute Gasteiger partial charge is 0.355 e. The number of carbonyl (C=O) groups is 2. The molecule has 0 saturated carbocycles. The number of thiophene rings is 1. The molecule has 2 N–H and O–H groups in total. The maximum atomic E-state index is 12.6. The van der Waals surface area contributed by atoms with Crippen molar-refractivity contribution in [3.05, 3.63) is 49.8 Å². The van der Waals surface area contributed by atoms with Crippen LogP contribution in [-0.2, 0) is 12.8 Å². The highest BCUT2D eigenvalue weighted by molar-refractivity contribution is 7.17. The number of amides is 2. The smallest absolute Gasteiger partial charge is 0.257 e. The summed E-state index contributed by atoms with van der Waals surface area (Å²) in [5.41, 5.74) is 1.99. The average Bonchev–Trinajstić information content (AvgIpc) is 2.75. The second-order valence-electron chi connectivity index (χ2n) is 5.93. The van der Waals surface area contributed by atoms with Crippen molar-refractivity contribution in [3.63, 3.8) is 0 Å². The van der Waals surface area contributed by atoms with Crippen LogP contribution < -0.4 is 10.6 Å². The van der Waals surface area contributed by atoms with Crippen LogP contribution in [-0.4, -0.2) is 18.9 Å². The van der Waals surface area contributed by atoms with Gasteiger partial charge in [-0.15, -0.1) is 11.3 Å². The van der Waals surface area contributed by atoms with Crippen LogP contribution in [0, 0.1) is 0 Å². The van der Waals surface area contributed by atoms with Crippen molar-refractivity contribution in [2.75, 3.05) is 12.4 Å². The first-order chi connectivity index (χ1) is 12.0. The monoisotopic (exact) mass is 396 g/mol. The van der Waals surface area contributed by atoms with E-state index in [0.29, 0.717) is 21.2 Å². The Hall–Kier alpha value is -1.56. The van der Waals surface area contributed by atoms with Gasteiger partial charge in [0.2, 0.25) is 0 Å². The van der Waals surface area contributed by atoms with Gasteiger partial charge in [0.1, 0.15) is 5.00 Å². The Morgan fingerprint density at radius 1 is 1.08 bits per heavy atom. The maximum Gasteiger partial charge on any atom is 0.257 e. The third kappa shape index (κ3) is 3.84. The fourth-order valence-corrected chi connectivity index (χ4v) is 4.82. The third-order valence-corrected chi connectivity index (χ3v) is 6.03. The minimum atomic E-state index is -0.344.